The molecule has 4 heteroatoms. The first-order chi connectivity index (χ1) is 12.1. The summed E-state index contributed by atoms with van der Waals surface area (Å²) in [5.74, 6) is -0.646. The molecular formula is C21H11BrO3. The maximum absolute atomic E-state index is 12.8. The van der Waals surface area contributed by atoms with Crippen LogP contribution in [0.1, 0.15) is 47.8 Å². The Bertz CT molecular complexity index is 1050. The summed E-state index contributed by atoms with van der Waals surface area (Å²) < 4.78 is 0.456. The van der Waals surface area contributed by atoms with Crippen molar-refractivity contribution in [2.24, 2.45) is 0 Å². The second kappa shape index (κ2) is 5.90. The normalized spacial score (nSPS) is 12.5. The molecule has 0 N–H and O–H groups in total. The number of carbonyl (C=O) groups is 3. The molecule has 0 fully saturated rings. The third-order valence-corrected chi connectivity index (χ3v) is 4.90. The fourth-order valence-corrected chi connectivity index (χ4v) is 3.70. The van der Waals surface area contributed by atoms with Gasteiger partial charge in [-0.3, -0.25) is 14.4 Å². The molecule has 0 heterocycles. The molecule has 3 nitrogen and oxygen atoms in total. The van der Waals surface area contributed by atoms with E-state index in [4.69, 9.17) is 0 Å². The van der Waals surface area contributed by atoms with E-state index in [0.717, 1.165) is 0 Å². The molecule has 3 aromatic rings. The number of fused-ring (bicyclic) bond motifs is 2. The molecular weight excluding hydrogens is 380 g/mol. The zero-order valence-electron chi connectivity index (χ0n) is 13.0. The molecule has 4 rings (SSSR count). The lowest BCUT2D eigenvalue weighted by Crippen LogP contribution is -2.22. The van der Waals surface area contributed by atoms with E-state index < -0.39 is 0 Å². The summed E-state index contributed by atoms with van der Waals surface area (Å²) in [4.78, 5) is 38.3. The Labute approximate surface area is 152 Å². The molecule has 0 amide bonds. The minimum Gasteiger partial charge on any atom is -0.289 e. The molecule has 0 saturated carbocycles. The number of ketones is 3. The van der Waals surface area contributed by atoms with E-state index in [-0.39, 0.29) is 22.9 Å². The van der Waals surface area contributed by atoms with E-state index in [9.17, 15) is 14.4 Å². The highest BCUT2D eigenvalue weighted by Gasteiger charge is 2.32. The van der Waals surface area contributed by atoms with Gasteiger partial charge in [0.1, 0.15) is 0 Å². The second-order valence-electron chi connectivity index (χ2n) is 5.78. The van der Waals surface area contributed by atoms with Gasteiger partial charge in [0.2, 0.25) is 0 Å². The summed E-state index contributed by atoms with van der Waals surface area (Å²) in [5, 5.41) is 0. The van der Waals surface area contributed by atoms with Crippen molar-refractivity contribution in [2.45, 2.75) is 0 Å². The van der Waals surface area contributed by atoms with Crippen LogP contribution in [0.5, 0.6) is 0 Å². The molecule has 1 aliphatic rings. The van der Waals surface area contributed by atoms with E-state index >= 15 is 0 Å². The van der Waals surface area contributed by atoms with E-state index in [1.54, 1.807) is 54.6 Å². The molecule has 0 radical (unpaired) electrons. The van der Waals surface area contributed by atoms with E-state index in [1.807, 2.05) is 6.07 Å². The lowest BCUT2D eigenvalue weighted by atomic mass is 9.83. The van der Waals surface area contributed by atoms with Crippen LogP contribution in [0.2, 0.25) is 0 Å². The van der Waals surface area contributed by atoms with E-state index in [2.05, 4.69) is 15.9 Å². The summed E-state index contributed by atoms with van der Waals surface area (Å²) in [6.45, 7) is 0. The van der Waals surface area contributed by atoms with Gasteiger partial charge < -0.3 is 0 Å². The first-order valence-electron chi connectivity index (χ1n) is 7.69. The van der Waals surface area contributed by atoms with Crippen molar-refractivity contribution in [2.75, 3.05) is 0 Å². The fourth-order valence-electron chi connectivity index (χ4n) is 3.06. The molecule has 0 spiro atoms. The number of hydrogen-bond donors (Lipinski definition) is 0. The van der Waals surface area contributed by atoms with Gasteiger partial charge in [0.15, 0.2) is 17.3 Å². The monoisotopic (exact) mass is 390 g/mol. The van der Waals surface area contributed by atoms with Crippen LogP contribution < -0.4 is 0 Å². The van der Waals surface area contributed by atoms with Crippen LogP contribution in [-0.2, 0) is 0 Å². The average Bonchev–Trinajstić information content (AvgIpc) is 2.65. The number of carbonyl (C=O) groups excluding carboxylic acids is 3. The Kier molecular flexibility index (Phi) is 3.70. The van der Waals surface area contributed by atoms with Crippen molar-refractivity contribution < 1.29 is 14.4 Å². The maximum atomic E-state index is 12.8. The van der Waals surface area contributed by atoms with E-state index in [0.29, 0.717) is 32.3 Å². The van der Waals surface area contributed by atoms with Gasteiger partial charge in [-0.1, -0.05) is 54.6 Å². The molecule has 0 aliphatic heterocycles. The van der Waals surface area contributed by atoms with Gasteiger partial charge in [-0.25, -0.2) is 0 Å². The third-order valence-electron chi connectivity index (χ3n) is 4.28. The lowest BCUT2D eigenvalue weighted by molar-refractivity contribution is 0.0977. The molecule has 0 bridgehead atoms. The predicted molar refractivity (Wildman–Crippen MR) is 97.3 cm³/mol. The average molecular weight is 391 g/mol. The first-order valence-corrected chi connectivity index (χ1v) is 8.49. The molecule has 120 valence electrons. The van der Waals surface area contributed by atoms with Gasteiger partial charge in [-0.05, 0) is 28.1 Å². The summed E-state index contributed by atoms with van der Waals surface area (Å²) in [7, 11) is 0. The van der Waals surface area contributed by atoms with E-state index in [1.165, 1.54) is 6.07 Å². The highest BCUT2D eigenvalue weighted by Crippen LogP contribution is 2.33. The van der Waals surface area contributed by atoms with Gasteiger partial charge >= 0.3 is 0 Å². The van der Waals surface area contributed by atoms with Crippen LogP contribution >= 0.6 is 15.9 Å². The highest BCUT2D eigenvalue weighted by molar-refractivity contribution is 9.10. The summed E-state index contributed by atoms with van der Waals surface area (Å²) in [6.07, 6.45) is 0. The standard InChI is InChI=1S/C21H11BrO3/c22-17-11-13(19(23)12-6-2-1-3-7-12)10-16-18(17)21(25)15-9-5-4-8-14(15)20(16)24/h1-11H. The van der Waals surface area contributed by atoms with Crippen molar-refractivity contribution >= 4 is 33.3 Å². The number of hydrogen-bond acceptors (Lipinski definition) is 3. The number of rotatable bonds is 2. The van der Waals surface area contributed by atoms with Crippen LogP contribution in [0, 0.1) is 0 Å². The zero-order valence-corrected chi connectivity index (χ0v) is 14.5. The van der Waals surface area contributed by atoms with Crippen molar-refractivity contribution in [3.05, 3.63) is 105 Å². The van der Waals surface area contributed by atoms with Crippen molar-refractivity contribution in [1.29, 1.82) is 0 Å². The Morgan fingerprint density at radius 1 is 0.680 bits per heavy atom. The predicted octanol–water partition coefficient (Wildman–Crippen LogP) is 4.46. The van der Waals surface area contributed by atoms with Crippen LogP contribution in [0.3, 0.4) is 0 Å². The van der Waals surface area contributed by atoms with Gasteiger partial charge in [-0.2, -0.15) is 0 Å². The maximum Gasteiger partial charge on any atom is 0.195 e. The fraction of sp³-hybridized carbons (Fsp3) is 0. The van der Waals surface area contributed by atoms with Crippen molar-refractivity contribution in [3.8, 4) is 0 Å². The van der Waals surface area contributed by atoms with Gasteiger partial charge in [0.25, 0.3) is 0 Å². The molecule has 3 aromatic carbocycles. The molecule has 0 aromatic heterocycles. The Hall–Kier alpha value is -2.85. The quantitative estimate of drug-likeness (QED) is 0.475. The largest absolute Gasteiger partial charge is 0.289 e. The minimum atomic E-state index is -0.242. The molecule has 0 saturated heterocycles. The number of halogens is 1. The van der Waals surface area contributed by atoms with Crippen LogP contribution in [-0.4, -0.2) is 17.3 Å². The minimum absolute atomic E-state index is 0.191. The van der Waals surface area contributed by atoms with Crippen LogP contribution in [0.4, 0.5) is 0 Å². The van der Waals surface area contributed by atoms with Gasteiger partial charge in [0, 0.05) is 37.9 Å². The molecule has 1 aliphatic carbocycles. The lowest BCUT2D eigenvalue weighted by Gasteiger charge is -2.19. The zero-order chi connectivity index (χ0) is 17.6. The summed E-state index contributed by atoms with van der Waals surface area (Å²) >= 11 is 3.37. The van der Waals surface area contributed by atoms with Gasteiger partial charge in [-0.15, -0.1) is 0 Å². The smallest absolute Gasteiger partial charge is 0.195 e. The topological polar surface area (TPSA) is 51.2 Å². The Morgan fingerprint density at radius 3 is 1.96 bits per heavy atom. The van der Waals surface area contributed by atoms with Gasteiger partial charge in [0.05, 0.1) is 0 Å². The Balaban J connectivity index is 1.89. The first kappa shape index (κ1) is 15.7. The summed E-state index contributed by atoms with van der Waals surface area (Å²) in [5.41, 5.74) is 2.24. The molecule has 0 atom stereocenters. The second-order valence-corrected chi connectivity index (χ2v) is 6.63. The van der Waals surface area contributed by atoms with Crippen LogP contribution in [0.15, 0.2) is 71.2 Å². The Morgan fingerprint density at radius 2 is 1.28 bits per heavy atom. The highest BCUT2D eigenvalue weighted by atomic mass is 79.9. The van der Waals surface area contributed by atoms with Crippen LogP contribution in [0.25, 0.3) is 0 Å². The summed E-state index contributed by atoms with van der Waals surface area (Å²) in [6, 6.07) is 18.7. The molecule has 0 unspecified atom stereocenters. The van der Waals surface area contributed by atoms with Crippen molar-refractivity contribution in [3.63, 3.8) is 0 Å². The molecule has 25 heavy (non-hydrogen) atoms. The SMILES string of the molecule is O=C(c1ccccc1)c1cc(Br)c2c(c1)C(=O)c1ccccc1C2=O. The number of benzene rings is 3. The third kappa shape index (κ3) is 2.46. The van der Waals surface area contributed by atoms with Crippen molar-refractivity contribution in [1.82, 2.24) is 0 Å².